The lowest BCUT2D eigenvalue weighted by Crippen LogP contribution is -2.42. The molecule has 0 aromatic heterocycles. The van der Waals surface area contributed by atoms with Gasteiger partial charge in [0.15, 0.2) is 0 Å². The van der Waals surface area contributed by atoms with Crippen molar-refractivity contribution in [1.29, 1.82) is 0 Å². The predicted molar refractivity (Wildman–Crippen MR) is 44.3 cm³/mol. The molecule has 2 nitrogen and oxygen atoms in total. The van der Waals surface area contributed by atoms with E-state index >= 15 is 0 Å². The molecule has 2 aliphatic rings. The Labute approximate surface area is 68.1 Å². The third-order valence-electron chi connectivity index (χ3n) is 2.92. The highest BCUT2D eigenvalue weighted by atomic mass is 16.5. The second-order valence-corrected chi connectivity index (χ2v) is 3.98. The summed E-state index contributed by atoms with van der Waals surface area (Å²) in [5, 5.41) is 0. The summed E-state index contributed by atoms with van der Waals surface area (Å²) in [5.41, 5.74) is 5.64. The van der Waals surface area contributed by atoms with Crippen LogP contribution in [0.15, 0.2) is 0 Å². The van der Waals surface area contributed by atoms with Crippen molar-refractivity contribution < 1.29 is 4.74 Å². The second-order valence-electron chi connectivity index (χ2n) is 3.98. The number of rotatable bonds is 3. The Morgan fingerprint density at radius 2 is 2.00 bits per heavy atom. The summed E-state index contributed by atoms with van der Waals surface area (Å²) in [4.78, 5) is 0. The van der Waals surface area contributed by atoms with E-state index in [1.807, 2.05) is 0 Å². The molecule has 0 atom stereocenters. The highest BCUT2D eigenvalue weighted by Gasteiger charge is 2.28. The molecule has 2 heteroatoms. The van der Waals surface area contributed by atoms with Crippen molar-refractivity contribution in [1.82, 2.24) is 0 Å². The lowest BCUT2D eigenvalue weighted by molar-refractivity contribution is -0.0367. The van der Waals surface area contributed by atoms with Crippen LogP contribution in [0.5, 0.6) is 0 Å². The number of hydrogen-bond donors (Lipinski definition) is 1. The van der Waals surface area contributed by atoms with Crippen LogP contribution in [0.25, 0.3) is 0 Å². The molecule has 0 aromatic rings. The average Bonchev–Trinajstić information content (AvgIpc) is 1.80. The van der Waals surface area contributed by atoms with Gasteiger partial charge in [-0.3, -0.25) is 0 Å². The van der Waals surface area contributed by atoms with Crippen molar-refractivity contribution in [2.75, 3.05) is 6.61 Å². The molecule has 64 valence electrons. The van der Waals surface area contributed by atoms with E-state index in [1.54, 1.807) is 0 Å². The molecule has 2 saturated carbocycles. The van der Waals surface area contributed by atoms with Gasteiger partial charge in [-0.25, -0.2) is 0 Å². The minimum atomic E-state index is 0.432. The molecular formula is C9H17NO. The fourth-order valence-electron chi connectivity index (χ4n) is 1.67. The molecule has 0 bridgehead atoms. The van der Waals surface area contributed by atoms with Crippen molar-refractivity contribution in [3.8, 4) is 0 Å². The Morgan fingerprint density at radius 1 is 1.27 bits per heavy atom. The molecule has 0 saturated heterocycles. The third-order valence-corrected chi connectivity index (χ3v) is 2.92. The largest absolute Gasteiger partial charge is 0.378 e. The van der Waals surface area contributed by atoms with E-state index in [4.69, 9.17) is 10.5 Å². The summed E-state index contributed by atoms with van der Waals surface area (Å²) in [7, 11) is 0. The fraction of sp³-hybridized carbons (Fsp3) is 1.00. The molecule has 0 aromatic carbocycles. The Bertz CT molecular complexity index is 128. The van der Waals surface area contributed by atoms with Gasteiger partial charge in [0, 0.05) is 12.6 Å². The molecule has 0 heterocycles. The van der Waals surface area contributed by atoms with Crippen LogP contribution in [-0.4, -0.2) is 18.8 Å². The topological polar surface area (TPSA) is 35.2 Å². The van der Waals surface area contributed by atoms with Crippen LogP contribution in [0, 0.1) is 5.92 Å². The second kappa shape index (κ2) is 3.11. The molecule has 2 fully saturated rings. The minimum absolute atomic E-state index is 0.432. The zero-order valence-electron chi connectivity index (χ0n) is 6.96. The van der Waals surface area contributed by atoms with E-state index in [2.05, 4.69) is 0 Å². The van der Waals surface area contributed by atoms with E-state index in [0.29, 0.717) is 12.1 Å². The number of hydrogen-bond acceptors (Lipinski definition) is 2. The Morgan fingerprint density at radius 3 is 2.45 bits per heavy atom. The standard InChI is InChI=1S/C9H17NO/c10-8-4-9(5-8)11-6-7-2-1-3-7/h7-9H,1-6,10H2. The molecule has 0 radical (unpaired) electrons. The van der Waals surface area contributed by atoms with Gasteiger partial charge in [-0.15, -0.1) is 0 Å². The maximum absolute atomic E-state index is 5.67. The summed E-state index contributed by atoms with van der Waals surface area (Å²) >= 11 is 0. The van der Waals surface area contributed by atoms with E-state index in [0.717, 1.165) is 25.4 Å². The van der Waals surface area contributed by atoms with Crippen LogP contribution >= 0.6 is 0 Å². The van der Waals surface area contributed by atoms with Crippen LogP contribution < -0.4 is 5.73 Å². The maximum atomic E-state index is 5.67. The van der Waals surface area contributed by atoms with E-state index in [9.17, 15) is 0 Å². The Balaban J connectivity index is 1.53. The first-order chi connectivity index (χ1) is 5.34. The smallest absolute Gasteiger partial charge is 0.0604 e. The van der Waals surface area contributed by atoms with Crippen molar-refractivity contribution in [3.05, 3.63) is 0 Å². The molecule has 0 unspecified atom stereocenters. The van der Waals surface area contributed by atoms with Crippen LogP contribution in [-0.2, 0) is 4.74 Å². The summed E-state index contributed by atoms with van der Waals surface area (Å²) in [5.74, 6) is 0.881. The van der Waals surface area contributed by atoms with E-state index in [1.165, 1.54) is 19.3 Å². The van der Waals surface area contributed by atoms with Crippen molar-refractivity contribution in [3.63, 3.8) is 0 Å². The molecule has 2 aliphatic carbocycles. The maximum Gasteiger partial charge on any atom is 0.0604 e. The van der Waals surface area contributed by atoms with Gasteiger partial charge in [-0.05, 0) is 31.6 Å². The zero-order valence-corrected chi connectivity index (χ0v) is 6.96. The molecule has 2 rings (SSSR count). The highest BCUT2D eigenvalue weighted by Crippen LogP contribution is 2.29. The lowest BCUT2D eigenvalue weighted by Gasteiger charge is -2.35. The Kier molecular flexibility index (Phi) is 2.14. The van der Waals surface area contributed by atoms with Crippen LogP contribution in [0.3, 0.4) is 0 Å². The van der Waals surface area contributed by atoms with Gasteiger partial charge in [0.25, 0.3) is 0 Å². The fourth-order valence-corrected chi connectivity index (χ4v) is 1.67. The van der Waals surface area contributed by atoms with E-state index in [-0.39, 0.29) is 0 Å². The summed E-state index contributed by atoms with van der Waals surface area (Å²) in [6.45, 7) is 0.997. The number of nitrogens with two attached hydrogens (primary N) is 1. The minimum Gasteiger partial charge on any atom is -0.378 e. The van der Waals surface area contributed by atoms with E-state index < -0.39 is 0 Å². The van der Waals surface area contributed by atoms with Crippen LogP contribution in [0.4, 0.5) is 0 Å². The van der Waals surface area contributed by atoms with Gasteiger partial charge >= 0.3 is 0 Å². The monoisotopic (exact) mass is 155 g/mol. The highest BCUT2D eigenvalue weighted by molar-refractivity contribution is 4.83. The van der Waals surface area contributed by atoms with Crippen molar-refractivity contribution in [2.45, 2.75) is 44.2 Å². The molecule has 0 amide bonds. The van der Waals surface area contributed by atoms with Crippen LogP contribution in [0.2, 0.25) is 0 Å². The predicted octanol–water partition coefficient (Wildman–Crippen LogP) is 1.29. The normalized spacial score (nSPS) is 37.9. The quantitative estimate of drug-likeness (QED) is 0.666. The first kappa shape index (κ1) is 7.56. The summed E-state index contributed by atoms with van der Waals surface area (Å²) in [6.07, 6.45) is 6.88. The SMILES string of the molecule is NC1CC(OCC2CCC2)C1. The molecule has 0 aliphatic heterocycles. The van der Waals surface area contributed by atoms with Crippen LogP contribution in [0.1, 0.15) is 32.1 Å². The zero-order chi connectivity index (χ0) is 7.68. The molecule has 0 spiro atoms. The average molecular weight is 155 g/mol. The molecule has 11 heavy (non-hydrogen) atoms. The van der Waals surface area contributed by atoms with Gasteiger partial charge in [0.2, 0.25) is 0 Å². The molecule has 2 N–H and O–H groups in total. The van der Waals surface area contributed by atoms with Crippen molar-refractivity contribution >= 4 is 0 Å². The van der Waals surface area contributed by atoms with Gasteiger partial charge in [0.05, 0.1) is 6.10 Å². The van der Waals surface area contributed by atoms with Gasteiger partial charge in [-0.1, -0.05) is 6.42 Å². The lowest BCUT2D eigenvalue weighted by atomic mass is 9.85. The van der Waals surface area contributed by atoms with Gasteiger partial charge in [0.1, 0.15) is 0 Å². The third kappa shape index (κ3) is 1.74. The summed E-state index contributed by atoms with van der Waals surface area (Å²) < 4.78 is 5.67. The number of ether oxygens (including phenoxy) is 1. The summed E-state index contributed by atoms with van der Waals surface area (Å²) in [6, 6.07) is 0.432. The first-order valence-electron chi connectivity index (χ1n) is 4.72. The van der Waals surface area contributed by atoms with Crippen molar-refractivity contribution in [2.24, 2.45) is 11.7 Å². The Hall–Kier alpha value is -0.0800. The van der Waals surface area contributed by atoms with Gasteiger partial charge < -0.3 is 10.5 Å². The van der Waals surface area contributed by atoms with Gasteiger partial charge in [-0.2, -0.15) is 0 Å². The molecular weight excluding hydrogens is 138 g/mol. The first-order valence-corrected chi connectivity index (χ1v) is 4.72.